The number of hydrogen-bond donors (Lipinski definition) is 3. The molecule has 1 aliphatic carbocycles. The van der Waals surface area contributed by atoms with Gasteiger partial charge in [0.15, 0.2) is 0 Å². The number of carboxylic acids is 2. The second kappa shape index (κ2) is 4.63. The van der Waals surface area contributed by atoms with Gasteiger partial charge >= 0.3 is 11.9 Å². The summed E-state index contributed by atoms with van der Waals surface area (Å²) >= 11 is 0. The molecule has 5 heteroatoms. The van der Waals surface area contributed by atoms with Crippen molar-refractivity contribution in [2.24, 2.45) is 5.92 Å². The zero-order valence-electron chi connectivity index (χ0n) is 8.30. The van der Waals surface area contributed by atoms with Crippen molar-refractivity contribution in [2.75, 3.05) is 0 Å². The first-order chi connectivity index (χ1) is 7.02. The third kappa shape index (κ3) is 2.83. The van der Waals surface area contributed by atoms with E-state index in [1.807, 2.05) is 6.08 Å². The van der Waals surface area contributed by atoms with Crippen LogP contribution in [-0.4, -0.2) is 28.2 Å². The monoisotopic (exact) mass is 211 g/mol. The minimum Gasteiger partial charge on any atom is -0.481 e. The number of carbonyl (C=O) groups is 2. The Labute approximate surface area is 87.1 Å². The molecule has 0 bridgehead atoms. The molecule has 0 aliphatic heterocycles. The summed E-state index contributed by atoms with van der Waals surface area (Å²) in [6.45, 7) is 1.37. The van der Waals surface area contributed by atoms with Gasteiger partial charge in [-0.15, -0.1) is 0 Å². The molecule has 0 fully saturated rings. The fourth-order valence-electron chi connectivity index (χ4n) is 1.30. The fourth-order valence-corrected chi connectivity index (χ4v) is 1.30. The van der Waals surface area contributed by atoms with E-state index in [0.29, 0.717) is 6.42 Å². The molecule has 1 rings (SSSR count). The quantitative estimate of drug-likeness (QED) is 0.619. The maximum atomic E-state index is 10.9. The Kier molecular flexibility index (Phi) is 3.49. The lowest BCUT2D eigenvalue weighted by molar-refractivity contribution is -0.150. The van der Waals surface area contributed by atoms with Crippen LogP contribution in [0.5, 0.6) is 0 Å². The maximum absolute atomic E-state index is 10.9. The molecule has 0 aromatic carbocycles. The van der Waals surface area contributed by atoms with Gasteiger partial charge in [-0.05, 0) is 13.0 Å². The number of hydrogen-bond acceptors (Lipinski definition) is 3. The zero-order valence-corrected chi connectivity index (χ0v) is 8.30. The van der Waals surface area contributed by atoms with Gasteiger partial charge in [0.25, 0.3) is 0 Å². The largest absolute Gasteiger partial charge is 0.481 e. The van der Waals surface area contributed by atoms with Crippen LogP contribution in [0.1, 0.15) is 13.3 Å². The van der Waals surface area contributed by atoms with Crippen LogP contribution < -0.4 is 5.32 Å². The third-order valence-electron chi connectivity index (χ3n) is 2.27. The van der Waals surface area contributed by atoms with Crippen LogP contribution >= 0.6 is 0 Å². The van der Waals surface area contributed by atoms with Gasteiger partial charge in [0.2, 0.25) is 0 Å². The molecule has 0 heterocycles. The van der Waals surface area contributed by atoms with E-state index in [-0.39, 0.29) is 0 Å². The Bertz CT molecular complexity index is 332. The molecule has 0 aromatic rings. The minimum atomic E-state index is -1.15. The first kappa shape index (κ1) is 11.3. The van der Waals surface area contributed by atoms with Crippen molar-refractivity contribution in [3.8, 4) is 0 Å². The number of nitrogens with one attached hydrogen (secondary N) is 1. The average molecular weight is 211 g/mol. The summed E-state index contributed by atoms with van der Waals surface area (Å²) < 4.78 is 0. The van der Waals surface area contributed by atoms with E-state index in [1.165, 1.54) is 6.92 Å². The Morgan fingerprint density at radius 1 is 1.40 bits per heavy atom. The number of aliphatic carboxylic acids is 2. The smallest absolute Gasteiger partial charge is 0.327 e. The number of carboxylic acid groups (broad SMARTS) is 2. The van der Waals surface area contributed by atoms with E-state index in [0.717, 1.165) is 5.70 Å². The molecule has 0 radical (unpaired) electrons. The van der Waals surface area contributed by atoms with Crippen LogP contribution in [0.2, 0.25) is 0 Å². The highest BCUT2D eigenvalue weighted by Crippen LogP contribution is 2.12. The van der Waals surface area contributed by atoms with Gasteiger partial charge in [-0.25, -0.2) is 4.79 Å². The van der Waals surface area contributed by atoms with E-state index in [9.17, 15) is 9.59 Å². The van der Waals surface area contributed by atoms with E-state index < -0.39 is 23.9 Å². The molecule has 82 valence electrons. The Morgan fingerprint density at radius 3 is 2.47 bits per heavy atom. The average Bonchev–Trinajstić information content (AvgIpc) is 2.64. The summed E-state index contributed by atoms with van der Waals surface area (Å²) in [5.74, 6) is -3.25. The molecule has 2 atom stereocenters. The van der Waals surface area contributed by atoms with Gasteiger partial charge in [0.1, 0.15) is 6.04 Å². The van der Waals surface area contributed by atoms with Crippen molar-refractivity contribution in [2.45, 2.75) is 19.4 Å². The van der Waals surface area contributed by atoms with Gasteiger partial charge in [-0.2, -0.15) is 0 Å². The molecule has 5 nitrogen and oxygen atoms in total. The molecule has 1 aliphatic rings. The molecule has 3 N–H and O–H groups in total. The summed E-state index contributed by atoms with van der Waals surface area (Å²) in [5, 5.41) is 20.3. The lowest BCUT2D eigenvalue weighted by Crippen LogP contribution is -2.44. The van der Waals surface area contributed by atoms with Gasteiger partial charge in [0.05, 0.1) is 5.92 Å². The Hall–Kier alpha value is -1.78. The SMILES string of the molecule is CC(C(=O)O)C(NC1=CC=CC1)C(=O)O. The highest BCUT2D eigenvalue weighted by atomic mass is 16.4. The van der Waals surface area contributed by atoms with Gasteiger partial charge < -0.3 is 15.5 Å². The van der Waals surface area contributed by atoms with Gasteiger partial charge in [0, 0.05) is 12.1 Å². The molecule has 0 saturated heterocycles. The summed E-state index contributed by atoms with van der Waals surface area (Å²) in [6, 6.07) is -1.09. The van der Waals surface area contributed by atoms with Crippen LogP contribution in [0, 0.1) is 5.92 Å². The van der Waals surface area contributed by atoms with Crippen molar-refractivity contribution < 1.29 is 19.8 Å². The van der Waals surface area contributed by atoms with Crippen molar-refractivity contribution in [3.05, 3.63) is 23.9 Å². The lowest BCUT2D eigenvalue weighted by Gasteiger charge is -2.19. The van der Waals surface area contributed by atoms with Crippen LogP contribution in [0.4, 0.5) is 0 Å². The number of allylic oxidation sites excluding steroid dienone is 3. The van der Waals surface area contributed by atoms with Crippen LogP contribution in [0.25, 0.3) is 0 Å². The first-order valence-corrected chi connectivity index (χ1v) is 4.60. The molecular formula is C10H13NO4. The van der Waals surface area contributed by atoms with Gasteiger partial charge in [-0.1, -0.05) is 12.2 Å². The fraction of sp³-hybridized carbons (Fsp3) is 0.400. The van der Waals surface area contributed by atoms with Crippen LogP contribution in [0.15, 0.2) is 23.9 Å². The van der Waals surface area contributed by atoms with Crippen LogP contribution in [0.3, 0.4) is 0 Å². The molecule has 2 unspecified atom stereocenters. The molecule has 0 aromatic heterocycles. The topological polar surface area (TPSA) is 86.6 Å². The summed E-state index contributed by atoms with van der Waals surface area (Å²) in [7, 11) is 0. The Balaban J connectivity index is 2.66. The van der Waals surface area contributed by atoms with E-state index in [2.05, 4.69) is 5.32 Å². The molecule has 0 spiro atoms. The maximum Gasteiger partial charge on any atom is 0.327 e. The second-order valence-electron chi connectivity index (χ2n) is 3.41. The molecule has 0 amide bonds. The first-order valence-electron chi connectivity index (χ1n) is 4.60. The minimum absolute atomic E-state index is 0.621. The van der Waals surface area contributed by atoms with Crippen molar-refractivity contribution in [1.82, 2.24) is 5.32 Å². The van der Waals surface area contributed by atoms with Crippen molar-refractivity contribution >= 4 is 11.9 Å². The summed E-state index contributed by atoms with van der Waals surface area (Å²) in [4.78, 5) is 21.5. The third-order valence-corrected chi connectivity index (χ3v) is 2.27. The molecule has 15 heavy (non-hydrogen) atoms. The summed E-state index contributed by atoms with van der Waals surface area (Å²) in [5.41, 5.74) is 0.732. The Morgan fingerprint density at radius 2 is 2.07 bits per heavy atom. The van der Waals surface area contributed by atoms with Gasteiger partial charge in [-0.3, -0.25) is 4.79 Å². The van der Waals surface area contributed by atoms with Crippen LogP contribution in [-0.2, 0) is 9.59 Å². The van der Waals surface area contributed by atoms with E-state index >= 15 is 0 Å². The highest BCUT2D eigenvalue weighted by molar-refractivity contribution is 5.82. The van der Waals surface area contributed by atoms with Crippen molar-refractivity contribution in [1.29, 1.82) is 0 Å². The lowest BCUT2D eigenvalue weighted by atomic mass is 10.0. The molecular weight excluding hydrogens is 198 g/mol. The zero-order chi connectivity index (χ0) is 11.4. The summed E-state index contributed by atoms with van der Waals surface area (Å²) in [6.07, 6.45) is 6.03. The number of rotatable bonds is 5. The standard InChI is InChI=1S/C10H13NO4/c1-6(9(12)13)8(10(14)15)11-7-4-2-3-5-7/h2-4,6,8,11H,5H2,1H3,(H,12,13)(H,14,15). The van der Waals surface area contributed by atoms with E-state index in [4.69, 9.17) is 10.2 Å². The predicted octanol–water partition coefficient (Wildman–Crippen LogP) is 0.594. The van der Waals surface area contributed by atoms with E-state index in [1.54, 1.807) is 12.2 Å². The second-order valence-corrected chi connectivity index (χ2v) is 3.41. The predicted molar refractivity (Wildman–Crippen MR) is 53.2 cm³/mol. The normalized spacial score (nSPS) is 18.1. The molecule has 0 saturated carbocycles. The highest BCUT2D eigenvalue weighted by Gasteiger charge is 2.30. The van der Waals surface area contributed by atoms with Crippen molar-refractivity contribution in [3.63, 3.8) is 0 Å².